The van der Waals surface area contributed by atoms with E-state index in [9.17, 15) is 0 Å². The minimum Gasteiger partial charge on any atom is -0.393 e. The molecule has 0 amide bonds. The summed E-state index contributed by atoms with van der Waals surface area (Å²) in [5.41, 5.74) is 13.9. The summed E-state index contributed by atoms with van der Waals surface area (Å²) in [7, 11) is 3.16. The number of nitrogens with two attached hydrogens (primary N) is 2. The fourth-order valence-electron chi connectivity index (χ4n) is 1.26. The third-order valence-corrected chi connectivity index (χ3v) is 4.26. The van der Waals surface area contributed by atoms with Crippen molar-refractivity contribution in [3.63, 3.8) is 0 Å². The van der Waals surface area contributed by atoms with Crippen molar-refractivity contribution in [1.82, 2.24) is 0 Å². The molecule has 13 heavy (non-hydrogen) atoms. The van der Waals surface area contributed by atoms with Gasteiger partial charge in [-0.2, -0.15) is 0 Å². The molecule has 0 aromatic heterocycles. The molecule has 0 spiro atoms. The summed E-state index contributed by atoms with van der Waals surface area (Å²) < 4.78 is 0. The molecular weight excluding hydrogens is 200 g/mol. The highest BCUT2D eigenvalue weighted by atomic mass is 33.1. The average Bonchev–Trinajstić information content (AvgIpc) is 2.48. The van der Waals surface area contributed by atoms with Crippen molar-refractivity contribution in [2.75, 3.05) is 0 Å². The van der Waals surface area contributed by atoms with Crippen LogP contribution in [0.3, 0.4) is 0 Å². The van der Waals surface area contributed by atoms with Gasteiger partial charge in [-0.25, -0.2) is 0 Å². The topological polar surface area (TPSA) is 52.0 Å². The zero-order valence-corrected chi connectivity index (χ0v) is 8.57. The Kier molecular flexibility index (Phi) is 2.53. The van der Waals surface area contributed by atoms with Gasteiger partial charge in [0, 0.05) is 5.57 Å². The largest absolute Gasteiger partial charge is 0.393 e. The third kappa shape index (κ3) is 1.70. The summed E-state index contributed by atoms with van der Waals surface area (Å²) in [5.74, 6) is 0. The zero-order valence-electron chi connectivity index (χ0n) is 6.94. The molecule has 1 aliphatic rings. The smallest absolute Gasteiger partial charge is 0.0903 e. The highest BCUT2D eigenvalue weighted by Crippen LogP contribution is 2.45. The van der Waals surface area contributed by atoms with Gasteiger partial charge < -0.3 is 11.5 Å². The van der Waals surface area contributed by atoms with Crippen molar-refractivity contribution in [2.24, 2.45) is 11.5 Å². The van der Waals surface area contributed by atoms with Gasteiger partial charge in [0.05, 0.1) is 10.4 Å². The minimum atomic E-state index is 0.00685. The molecule has 0 saturated carbocycles. The van der Waals surface area contributed by atoms with E-state index in [4.69, 9.17) is 11.5 Å². The second-order valence-electron chi connectivity index (χ2n) is 2.74. The van der Waals surface area contributed by atoms with Gasteiger partial charge in [0.15, 0.2) is 0 Å². The quantitative estimate of drug-likeness (QED) is 0.696. The predicted octanol–water partition coefficient (Wildman–Crippen LogP) is 1.99. The fourth-order valence-corrected chi connectivity index (χ4v) is 3.42. The number of rotatable bonds is 1. The molecule has 0 fully saturated rings. The Balaban J connectivity index is 2.41. The first kappa shape index (κ1) is 8.99. The van der Waals surface area contributed by atoms with Crippen LogP contribution >= 0.6 is 21.6 Å². The van der Waals surface area contributed by atoms with Gasteiger partial charge in [0.25, 0.3) is 0 Å². The number of hydrogen-bond donors (Lipinski definition) is 2. The molecular formula is C9H10N2S2. The molecule has 4 heteroatoms. The SMILES string of the molecule is NC1=C(c2ccccc2)C(N)SS1. The second kappa shape index (κ2) is 3.65. The normalized spacial score (nSPS) is 22.4. The van der Waals surface area contributed by atoms with E-state index >= 15 is 0 Å². The molecule has 1 unspecified atom stereocenters. The van der Waals surface area contributed by atoms with Crippen molar-refractivity contribution in [1.29, 1.82) is 0 Å². The van der Waals surface area contributed by atoms with E-state index in [2.05, 4.69) is 0 Å². The summed E-state index contributed by atoms with van der Waals surface area (Å²) in [6, 6.07) is 10.1. The number of hydrogen-bond acceptors (Lipinski definition) is 4. The van der Waals surface area contributed by atoms with Gasteiger partial charge in [-0.1, -0.05) is 41.1 Å². The predicted molar refractivity (Wildman–Crippen MR) is 60.7 cm³/mol. The van der Waals surface area contributed by atoms with Crippen molar-refractivity contribution in [3.8, 4) is 0 Å². The van der Waals surface area contributed by atoms with Crippen LogP contribution in [0, 0.1) is 0 Å². The Hall–Kier alpha value is -0.580. The molecule has 0 bridgehead atoms. The first-order valence-corrected chi connectivity index (χ1v) is 6.14. The molecule has 2 rings (SSSR count). The van der Waals surface area contributed by atoms with Crippen LogP contribution in [0.1, 0.15) is 5.56 Å². The Bertz CT molecular complexity index is 335. The van der Waals surface area contributed by atoms with E-state index in [1.165, 1.54) is 0 Å². The summed E-state index contributed by atoms with van der Waals surface area (Å²) >= 11 is 0. The van der Waals surface area contributed by atoms with E-state index in [1.807, 2.05) is 30.3 Å². The molecule has 1 aliphatic heterocycles. The third-order valence-electron chi connectivity index (χ3n) is 1.88. The summed E-state index contributed by atoms with van der Waals surface area (Å²) in [6.07, 6.45) is 0. The van der Waals surface area contributed by atoms with Crippen LogP contribution in [0.5, 0.6) is 0 Å². The van der Waals surface area contributed by atoms with Gasteiger partial charge in [-0.15, -0.1) is 0 Å². The lowest BCUT2D eigenvalue weighted by Crippen LogP contribution is -2.15. The van der Waals surface area contributed by atoms with E-state index < -0.39 is 0 Å². The second-order valence-corrected chi connectivity index (χ2v) is 5.13. The maximum Gasteiger partial charge on any atom is 0.0903 e. The summed E-state index contributed by atoms with van der Waals surface area (Å²) in [6.45, 7) is 0. The van der Waals surface area contributed by atoms with Gasteiger partial charge in [0.2, 0.25) is 0 Å². The Morgan fingerprint density at radius 2 is 1.85 bits per heavy atom. The average molecular weight is 210 g/mol. The van der Waals surface area contributed by atoms with E-state index in [0.717, 1.165) is 16.2 Å². The highest BCUT2D eigenvalue weighted by molar-refractivity contribution is 8.79. The Morgan fingerprint density at radius 3 is 2.38 bits per heavy atom. The molecule has 2 nitrogen and oxygen atoms in total. The highest BCUT2D eigenvalue weighted by Gasteiger charge is 2.23. The lowest BCUT2D eigenvalue weighted by molar-refractivity contribution is 1.18. The van der Waals surface area contributed by atoms with Gasteiger partial charge in [-0.05, 0) is 16.4 Å². The van der Waals surface area contributed by atoms with E-state index in [1.54, 1.807) is 21.6 Å². The van der Waals surface area contributed by atoms with Gasteiger partial charge in [-0.3, -0.25) is 0 Å². The summed E-state index contributed by atoms with van der Waals surface area (Å²) in [5, 5.41) is 0.844. The van der Waals surface area contributed by atoms with Crippen molar-refractivity contribution in [2.45, 2.75) is 5.37 Å². The molecule has 1 aromatic carbocycles. The van der Waals surface area contributed by atoms with Crippen LogP contribution in [-0.2, 0) is 0 Å². The van der Waals surface area contributed by atoms with Crippen LogP contribution in [0.25, 0.3) is 5.57 Å². The van der Waals surface area contributed by atoms with Crippen LogP contribution in [0.15, 0.2) is 35.4 Å². The van der Waals surface area contributed by atoms with Crippen molar-refractivity contribution in [3.05, 3.63) is 40.9 Å². The zero-order chi connectivity index (χ0) is 9.26. The standard InChI is InChI=1S/C9H10N2S2/c10-8-7(9(11)13-12-8)6-4-2-1-3-5-6/h1-5,8H,10-11H2. The van der Waals surface area contributed by atoms with Gasteiger partial charge >= 0.3 is 0 Å². The monoisotopic (exact) mass is 210 g/mol. The van der Waals surface area contributed by atoms with Crippen LogP contribution < -0.4 is 11.5 Å². The van der Waals surface area contributed by atoms with Crippen molar-refractivity contribution < 1.29 is 0 Å². The molecule has 1 aromatic rings. The molecule has 1 heterocycles. The summed E-state index contributed by atoms with van der Waals surface area (Å²) in [4.78, 5) is 0. The lowest BCUT2D eigenvalue weighted by atomic mass is 10.1. The Labute approximate surface area is 85.2 Å². The number of benzene rings is 1. The first-order valence-electron chi connectivity index (χ1n) is 3.93. The maximum absolute atomic E-state index is 5.91. The molecule has 0 aliphatic carbocycles. The molecule has 1 atom stereocenters. The Morgan fingerprint density at radius 1 is 1.15 bits per heavy atom. The van der Waals surface area contributed by atoms with Crippen LogP contribution in [0.2, 0.25) is 0 Å². The molecule has 68 valence electrons. The molecule has 0 radical (unpaired) electrons. The first-order chi connectivity index (χ1) is 6.29. The van der Waals surface area contributed by atoms with Crippen LogP contribution in [0.4, 0.5) is 0 Å². The van der Waals surface area contributed by atoms with E-state index in [0.29, 0.717) is 0 Å². The minimum absolute atomic E-state index is 0.00685. The lowest BCUT2D eigenvalue weighted by Gasteiger charge is -2.07. The van der Waals surface area contributed by atoms with Crippen LogP contribution in [-0.4, -0.2) is 5.37 Å². The fraction of sp³-hybridized carbons (Fsp3) is 0.111. The molecule has 0 saturated heterocycles. The van der Waals surface area contributed by atoms with Crippen molar-refractivity contribution >= 4 is 27.2 Å². The van der Waals surface area contributed by atoms with Gasteiger partial charge in [0.1, 0.15) is 0 Å². The van der Waals surface area contributed by atoms with E-state index in [-0.39, 0.29) is 5.37 Å². The molecule has 4 N–H and O–H groups in total. The maximum atomic E-state index is 5.91.